The Labute approximate surface area is 78.8 Å². The molecule has 0 aliphatic carbocycles. The smallest absolute Gasteiger partial charge is 0.330 e. The summed E-state index contributed by atoms with van der Waals surface area (Å²) in [6, 6.07) is -0.847. The molecule has 0 aliphatic heterocycles. The number of aromatic nitrogens is 2. The first-order valence-electron chi connectivity index (χ1n) is 3.76. The fourth-order valence-corrected chi connectivity index (χ4v) is 1.03. The molecule has 7 heteroatoms. The summed E-state index contributed by atoms with van der Waals surface area (Å²) in [6.45, 7) is 0. The molecule has 0 spiro atoms. The van der Waals surface area contributed by atoms with Crippen molar-refractivity contribution in [3.63, 3.8) is 0 Å². The minimum absolute atomic E-state index is 0.0258. The molecular weight excluding hydrogens is 188 g/mol. The Morgan fingerprint density at radius 3 is 2.50 bits per heavy atom. The van der Waals surface area contributed by atoms with Gasteiger partial charge < -0.3 is 15.6 Å². The molecule has 0 aromatic carbocycles. The SMILES string of the molecule is Cn1cc(NC(N)=O)c(=O)n(C)c1=O. The van der Waals surface area contributed by atoms with E-state index in [1.54, 1.807) is 0 Å². The normalized spacial score (nSPS) is 9.86. The average molecular weight is 198 g/mol. The van der Waals surface area contributed by atoms with Gasteiger partial charge in [0.05, 0.1) is 0 Å². The molecule has 2 amide bonds. The van der Waals surface area contributed by atoms with Crippen molar-refractivity contribution in [1.29, 1.82) is 0 Å². The molecule has 3 N–H and O–H groups in total. The number of nitrogens with one attached hydrogen (secondary N) is 1. The van der Waals surface area contributed by atoms with Gasteiger partial charge in [0.15, 0.2) is 0 Å². The molecule has 0 saturated heterocycles. The number of hydrogen-bond acceptors (Lipinski definition) is 3. The van der Waals surface area contributed by atoms with Gasteiger partial charge in [-0.25, -0.2) is 9.59 Å². The highest BCUT2D eigenvalue weighted by Crippen LogP contribution is 1.93. The number of carbonyl (C=O) groups is 1. The molecule has 1 heterocycles. The van der Waals surface area contributed by atoms with Crippen molar-refractivity contribution in [2.45, 2.75) is 0 Å². The Kier molecular flexibility index (Phi) is 2.41. The zero-order valence-corrected chi connectivity index (χ0v) is 7.77. The highest BCUT2D eigenvalue weighted by Gasteiger charge is 2.07. The second-order valence-corrected chi connectivity index (χ2v) is 2.79. The van der Waals surface area contributed by atoms with Gasteiger partial charge in [0.2, 0.25) is 0 Å². The number of aryl methyl sites for hydroxylation is 1. The van der Waals surface area contributed by atoms with Crippen molar-refractivity contribution < 1.29 is 4.79 Å². The summed E-state index contributed by atoms with van der Waals surface area (Å²) in [5.41, 5.74) is 3.76. The summed E-state index contributed by atoms with van der Waals surface area (Å²) in [7, 11) is 2.78. The van der Waals surface area contributed by atoms with Crippen LogP contribution in [0, 0.1) is 0 Å². The van der Waals surface area contributed by atoms with Crippen LogP contribution in [0.3, 0.4) is 0 Å². The Hall–Kier alpha value is -2.05. The van der Waals surface area contributed by atoms with Crippen LogP contribution in [0.1, 0.15) is 0 Å². The summed E-state index contributed by atoms with van der Waals surface area (Å²) < 4.78 is 2.05. The van der Waals surface area contributed by atoms with Gasteiger partial charge in [0.25, 0.3) is 5.56 Å². The largest absolute Gasteiger partial charge is 0.351 e. The first kappa shape index (κ1) is 10.0. The van der Waals surface area contributed by atoms with Crippen LogP contribution < -0.4 is 22.3 Å². The van der Waals surface area contributed by atoms with Crippen LogP contribution in [0.25, 0.3) is 0 Å². The highest BCUT2D eigenvalue weighted by molar-refractivity contribution is 5.87. The molecular formula is C7H10N4O3. The van der Waals surface area contributed by atoms with E-state index < -0.39 is 17.3 Å². The Bertz CT molecular complexity index is 485. The third kappa shape index (κ3) is 1.65. The maximum Gasteiger partial charge on any atom is 0.330 e. The van der Waals surface area contributed by atoms with Crippen LogP contribution in [0.5, 0.6) is 0 Å². The van der Waals surface area contributed by atoms with Gasteiger partial charge >= 0.3 is 11.7 Å². The number of nitrogens with zero attached hydrogens (tertiary/aromatic N) is 2. The van der Waals surface area contributed by atoms with Crippen molar-refractivity contribution in [2.75, 3.05) is 5.32 Å². The molecule has 0 radical (unpaired) electrons. The summed E-state index contributed by atoms with van der Waals surface area (Å²) in [6.07, 6.45) is 1.22. The van der Waals surface area contributed by atoms with E-state index in [0.717, 1.165) is 4.57 Å². The minimum Gasteiger partial charge on any atom is -0.351 e. The molecule has 14 heavy (non-hydrogen) atoms. The third-order valence-corrected chi connectivity index (χ3v) is 1.70. The average Bonchev–Trinajstić information content (AvgIpc) is 2.10. The van der Waals surface area contributed by atoms with Crippen molar-refractivity contribution >= 4 is 11.7 Å². The molecule has 0 aliphatic rings. The van der Waals surface area contributed by atoms with Gasteiger partial charge in [0.1, 0.15) is 5.69 Å². The molecule has 1 aromatic rings. The second kappa shape index (κ2) is 3.36. The van der Waals surface area contributed by atoms with E-state index in [2.05, 4.69) is 5.32 Å². The van der Waals surface area contributed by atoms with E-state index in [9.17, 15) is 14.4 Å². The quantitative estimate of drug-likeness (QED) is 0.578. The zero-order valence-electron chi connectivity index (χ0n) is 7.77. The number of anilines is 1. The molecule has 0 unspecified atom stereocenters. The van der Waals surface area contributed by atoms with Gasteiger partial charge in [-0.3, -0.25) is 9.36 Å². The molecule has 0 fully saturated rings. The Morgan fingerprint density at radius 1 is 1.43 bits per heavy atom. The summed E-state index contributed by atoms with van der Waals surface area (Å²) in [5, 5.41) is 2.13. The number of hydrogen-bond donors (Lipinski definition) is 2. The summed E-state index contributed by atoms with van der Waals surface area (Å²) in [4.78, 5) is 33.1. The predicted molar refractivity (Wildman–Crippen MR) is 50.1 cm³/mol. The van der Waals surface area contributed by atoms with Crippen molar-refractivity contribution in [3.8, 4) is 0 Å². The number of nitrogens with two attached hydrogens (primary N) is 1. The number of carbonyl (C=O) groups excluding carboxylic acids is 1. The number of amides is 2. The first-order chi connectivity index (χ1) is 6.43. The maximum atomic E-state index is 11.4. The highest BCUT2D eigenvalue weighted by atomic mass is 16.2. The summed E-state index contributed by atoms with van der Waals surface area (Å²) >= 11 is 0. The Morgan fingerprint density at radius 2 is 2.00 bits per heavy atom. The van der Waals surface area contributed by atoms with E-state index >= 15 is 0 Å². The Balaban J connectivity index is 3.41. The number of rotatable bonds is 1. The predicted octanol–water partition coefficient (Wildman–Crippen LogP) is -1.43. The topological polar surface area (TPSA) is 99.1 Å². The fraction of sp³-hybridized carbons (Fsp3) is 0.286. The van der Waals surface area contributed by atoms with E-state index in [0.29, 0.717) is 0 Å². The molecule has 0 atom stereocenters. The maximum absolute atomic E-state index is 11.4. The van der Waals surface area contributed by atoms with Gasteiger partial charge in [-0.05, 0) is 0 Å². The van der Waals surface area contributed by atoms with Crippen molar-refractivity contribution in [3.05, 3.63) is 27.0 Å². The van der Waals surface area contributed by atoms with Crippen LogP contribution in [-0.2, 0) is 14.1 Å². The summed E-state index contributed by atoms with van der Waals surface area (Å²) in [5.74, 6) is 0. The van der Waals surface area contributed by atoms with E-state index in [1.807, 2.05) is 0 Å². The van der Waals surface area contributed by atoms with Crippen LogP contribution in [-0.4, -0.2) is 15.2 Å². The van der Waals surface area contributed by atoms with Crippen molar-refractivity contribution in [1.82, 2.24) is 9.13 Å². The van der Waals surface area contributed by atoms with Gasteiger partial charge in [0, 0.05) is 20.3 Å². The lowest BCUT2D eigenvalue weighted by atomic mass is 10.5. The van der Waals surface area contributed by atoms with Crippen LogP contribution in [0.4, 0.5) is 10.5 Å². The van der Waals surface area contributed by atoms with E-state index in [1.165, 1.54) is 24.9 Å². The second-order valence-electron chi connectivity index (χ2n) is 2.79. The van der Waals surface area contributed by atoms with Gasteiger partial charge in [-0.15, -0.1) is 0 Å². The number of primary amides is 1. The molecule has 0 bridgehead atoms. The van der Waals surface area contributed by atoms with Crippen LogP contribution in [0.2, 0.25) is 0 Å². The lowest BCUT2D eigenvalue weighted by Gasteiger charge is -2.05. The molecule has 76 valence electrons. The first-order valence-corrected chi connectivity index (χ1v) is 3.76. The van der Waals surface area contributed by atoms with E-state index in [4.69, 9.17) is 5.73 Å². The molecule has 7 nitrogen and oxygen atoms in total. The fourth-order valence-electron chi connectivity index (χ4n) is 1.03. The van der Waals surface area contributed by atoms with Crippen LogP contribution >= 0.6 is 0 Å². The standard InChI is InChI=1S/C7H10N4O3/c1-10-3-4(9-6(8)13)5(12)11(2)7(10)14/h3H,1-2H3,(H3,8,9,13). The molecule has 1 rings (SSSR count). The molecule has 0 saturated carbocycles. The monoisotopic (exact) mass is 198 g/mol. The minimum atomic E-state index is -0.847. The third-order valence-electron chi connectivity index (χ3n) is 1.70. The molecule has 1 aromatic heterocycles. The van der Waals surface area contributed by atoms with Crippen molar-refractivity contribution in [2.24, 2.45) is 19.8 Å². The zero-order chi connectivity index (χ0) is 10.9. The van der Waals surface area contributed by atoms with Gasteiger partial charge in [-0.2, -0.15) is 0 Å². The van der Waals surface area contributed by atoms with Crippen LogP contribution in [0.15, 0.2) is 15.8 Å². The van der Waals surface area contributed by atoms with E-state index in [-0.39, 0.29) is 5.69 Å². The number of urea groups is 1. The lowest BCUT2D eigenvalue weighted by Crippen LogP contribution is -2.39. The van der Waals surface area contributed by atoms with Gasteiger partial charge in [-0.1, -0.05) is 0 Å². The lowest BCUT2D eigenvalue weighted by molar-refractivity contribution is 0.259.